The molecule has 3 aromatic rings. The van der Waals surface area contributed by atoms with Gasteiger partial charge in [0.1, 0.15) is 16.8 Å². The summed E-state index contributed by atoms with van der Waals surface area (Å²) in [4.78, 5) is 5.03. The topological polar surface area (TPSA) is 76.3 Å². The molecule has 0 unspecified atom stereocenters. The van der Waals surface area contributed by atoms with E-state index in [2.05, 4.69) is 16.2 Å². The maximum absolute atomic E-state index is 9.22. The Morgan fingerprint density at radius 2 is 2.50 bits per heavy atom. The number of aromatic nitrogens is 3. The Labute approximate surface area is 106 Å². The van der Waals surface area contributed by atoms with Crippen LogP contribution in [-0.2, 0) is 11.3 Å². The summed E-state index contributed by atoms with van der Waals surface area (Å²) in [5.74, 6) is 0.567. The molecule has 0 aliphatic rings. The number of nitrogens with zero attached hydrogens (tertiary/aromatic N) is 4. The van der Waals surface area contributed by atoms with Crippen molar-refractivity contribution in [1.29, 1.82) is 5.26 Å². The molecular formula is C11H8N4O2S. The van der Waals surface area contributed by atoms with Crippen LogP contribution in [0.5, 0.6) is 0 Å². The maximum Gasteiger partial charge on any atom is 0.214 e. The van der Waals surface area contributed by atoms with Gasteiger partial charge in [0.2, 0.25) is 4.96 Å². The summed E-state index contributed by atoms with van der Waals surface area (Å²) < 4.78 is 11.8. The van der Waals surface area contributed by atoms with Crippen LogP contribution in [0, 0.1) is 11.3 Å². The van der Waals surface area contributed by atoms with Crippen molar-refractivity contribution in [3.63, 3.8) is 0 Å². The lowest BCUT2D eigenvalue weighted by Gasteiger charge is -1.92. The van der Waals surface area contributed by atoms with E-state index in [0.717, 1.165) is 5.01 Å². The van der Waals surface area contributed by atoms with Crippen molar-refractivity contribution in [2.75, 3.05) is 7.11 Å². The Hall–Kier alpha value is -2.17. The predicted molar refractivity (Wildman–Crippen MR) is 64.0 cm³/mol. The highest BCUT2D eigenvalue weighted by Gasteiger charge is 2.19. The van der Waals surface area contributed by atoms with Crippen LogP contribution < -0.4 is 0 Å². The number of methoxy groups -OCH3 is 1. The highest BCUT2D eigenvalue weighted by atomic mass is 32.1. The Balaban J connectivity index is 2.18. The highest BCUT2D eigenvalue weighted by Crippen LogP contribution is 2.26. The third-order valence-corrected chi connectivity index (χ3v) is 3.26. The standard InChI is InChI=1S/C11H8N4O2S/c1-16-6-9-14-15-7(5-12)10(13-11(15)18-9)8-3-2-4-17-8/h2-4H,6H2,1H3. The van der Waals surface area contributed by atoms with E-state index >= 15 is 0 Å². The summed E-state index contributed by atoms with van der Waals surface area (Å²) in [6, 6.07) is 5.63. The molecule has 3 rings (SSSR count). The van der Waals surface area contributed by atoms with Crippen molar-refractivity contribution in [3.05, 3.63) is 29.1 Å². The van der Waals surface area contributed by atoms with E-state index in [1.165, 1.54) is 15.9 Å². The molecule has 0 bridgehead atoms. The fourth-order valence-electron chi connectivity index (χ4n) is 1.66. The van der Waals surface area contributed by atoms with Gasteiger partial charge in [-0.3, -0.25) is 0 Å². The minimum atomic E-state index is 0.374. The number of fused-ring (bicyclic) bond motifs is 1. The maximum atomic E-state index is 9.22. The first-order valence-electron chi connectivity index (χ1n) is 5.15. The molecule has 0 amide bonds. The van der Waals surface area contributed by atoms with E-state index in [1.807, 2.05) is 0 Å². The number of hydrogen-bond acceptors (Lipinski definition) is 6. The molecule has 0 N–H and O–H groups in total. The molecule has 7 heteroatoms. The fraction of sp³-hybridized carbons (Fsp3) is 0.182. The monoisotopic (exact) mass is 260 g/mol. The summed E-state index contributed by atoms with van der Waals surface area (Å²) in [6.45, 7) is 0.412. The van der Waals surface area contributed by atoms with Gasteiger partial charge in [0.15, 0.2) is 11.5 Å². The van der Waals surface area contributed by atoms with Crippen LogP contribution in [0.2, 0.25) is 0 Å². The molecule has 0 fully saturated rings. The summed E-state index contributed by atoms with van der Waals surface area (Å²) in [5.41, 5.74) is 0.892. The van der Waals surface area contributed by atoms with Crippen molar-refractivity contribution in [3.8, 4) is 17.5 Å². The summed E-state index contributed by atoms with van der Waals surface area (Å²) in [5, 5.41) is 14.3. The van der Waals surface area contributed by atoms with Crippen molar-refractivity contribution in [2.45, 2.75) is 6.61 Å². The molecule has 3 heterocycles. The number of hydrogen-bond donors (Lipinski definition) is 0. The van der Waals surface area contributed by atoms with Gasteiger partial charge in [0.25, 0.3) is 0 Å². The van der Waals surface area contributed by atoms with Gasteiger partial charge in [-0.25, -0.2) is 4.98 Å². The third kappa shape index (κ3) is 1.59. The van der Waals surface area contributed by atoms with Crippen molar-refractivity contribution < 1.29 is 9.15 Å². The second-order valence-corrected chi connectivity index (χ2v) is 4.56. The molecule has 0 radical (unpaired) electrons. The van der Waals surface area contributed by atoms with Crippen molar-refractivity contribution in [1.82, 2.24) is 14.6 Å². The van der Waals surface area contributed by atoms with Gasteiger partial charge in [-0.1, -0.05) is 11.3 Å². The molecule has 0 saturated heterocycles. The van der Waals surface area contributed by atoms with Gasteiger partial charge >= 0.3 is 0 Å². The zero-order valence-corrected chi connectivity index (χ0v) is 10.3. The van der Waals surface area contributed by atoms with Crippen molar-refractivity contribution in [2.24, 2.45) is 0 Å². The normalized spacial score (nSPS) is 10.9. The summed E-state index contributed by atoms with van der Waals surface area (Å²) in [6.07, 6.45) is 1.55. The molecule has 18 heavy (non-hydrogen) atoms. The van der Waals surface area contributed by atoms with Crippen LogP contribution in [-0.4, -0.2) is 21.7 Å². The summed E-state index contributed by atoms with van der Waals surface area (Å²) >= 11 is 1.39. The number of furan rings is 1. The first-order valence-corrected chi connectivity index (χ1v) is 5.96. The highest BCUT2D eigenvalue weighted by molar-refractivity contribution is 7.16. The second kappa shape index (κ2) is 4.25. The van der Waals surface area contributed by atoms with E-state index in [9.17, 15) is 5.26 Å². The molecule has 3 aromatic heterocycles. The molecule has 0 aliphatic heterocycles. The minimum absolute atomic E-state index is 0.374. The first-order chi connectivity index (χ1) is 8.83. The second-order valence-electron chi connectivity index (χ2n) is 3.52. The molecule has 0 aromatic carbocycles. The Morgan fingerprint density at radius 1 is 1.61 bits per heavy atom. The molecular weight excluding hydrogens is 252 g/mol. The number of imidazole rings is 1. The van der Waals surface area contributed by atoms with E-state index in [-0.39, 0.29) is 0 Å². The first kappa shape index (κ1) is 11.0. The number of ether oxygens (including phenoxy) is 1. The van der Waals surface area contributed by atoms with E-state index in [0.29, 0.717) is 28.7 Å². The van der Waals surface area contributed by atoms with Crippen LogP contribution in [0.4, 0.5) is 0 Å². The molecule has 90 valence electrons. The van der Waals surface area contributed by atoms with Gasteiger partial charge in [-0.05, 0) is 12.1 Å². The Bertz CT molecular complexity index is 720. The lowest BCUT2D eigenvalue weighted by Crippen LogP contribution is -1.93. The van der Waals surface area contributed by atoms with E-state index in [4.69, 9.17) is 9.15 Å². The van der Waals surface area contributed by atoms with Gasteiger partial charge < -0.3 is 9.15 Å². The van der Waals surface area contributed by atoms with Crippen LogP contribution in [0.1, 0.15) is 10.7 Å². The van der Waals surface area contributed by atoms with Gasteiger partial charge in [0, 0.05) is 7.11 Å². The lowest BCUT2D eigenvalue weighted by atomic mass is 10.3. The zero-order valence-electron chi connectivity index (χ0n) is 9.45. The van der Waals surface area contributed by atoms with Crippen LogP contribution in [0.3, 0.4) is 0 Å². The van der Waals surface area contributed by atoms with E-state index in [1.54, 1.807) is 25.5 Å². The fourth-order valence-corrected chi connectivity index (χ4v) is 2.52. The average Bonchev–Trinajstić information content (AvgIpc) is 3.02. The summed E-state index contributed by atoms with van der Waals surface area (Å²) in [7, 11) is 1.60. The largest absolute Gasteiger partial charge is 0.463 e. The van der Waals surface area contributed by atoms with Crippen molar-refractivity contribution >= 4 is 16.3 Å². The number of rotatable bonds is 3. The molecule has 0 spiro atoms. The Morgan fingerprint density at radius 3 is 3.17 bits per heavy atom. The molecule has 0 aliphatic carbocycles. The smallest absolute Gasteiger partial charge is 0.214 e. The quantitative estimate of drug-likeness (QED) is 0.720. The average molecular weight is 260 g/mol. The van der Waals surface area contributed by atoms with Gasteiger partial charge in [-0.2, -0.15) is 14.9 Å². The predicted octanol–water partition coefficient (Wildman–Crippen LogP) is 2.07. The van der Waals surface area contributed by atoms with Gasteiger partial charge in [0.05, 0.1) is 12.9 Å². The minimum Gasteiger partial charge on any atom is -0.463 e. The molecule has 0 saturated carbocycles. The van der Waals surface area contributed by atoms with E-state index < -0.39 is 0 Å². The Kier molecular flexibility index (Phi) is 2.59. The zero-order chi connectivity index (χ0) is 12.5. The van der Waals surface area contributed by atoms with Crippen LogP contribution in [0.15, 0.2) is 22.8 Å². The SMILES string of the molecule is COCc1nn2c(C#N)c(-c3ccco3)nc2s1. The van der Waals surface area contributed by atoms with Crippen LogP contribution >= 0.6 is 11.3 Å². The van der Waals surface area contributed by atoms with Crippen LogP contribution in [0.25, 0.3) is 16.4 Å². The third-order valence-electron chi connectivity index (χ3n) is 2.37. The molecule has 0 atom stereocenters. The lowest BCUT2D eigenvalue weighted by molar-refractivity contribution is 0.183. The number of nitriles is 1. The van der Waals surface area contributed by atoms with Gasteiger partial charge in [-0.15, -0.1) is 0 Å². The molecule has 6 nitrogen and oxygen atoms in total.